The Balaban J connectivity index is 2.67. The highest BCUT2D eigenvalue weighted by molar-refractivity contribution is 7.78. The molecule has 1 unspecified atom stereocenters. The number of benzene rings is 2. The molecule has 0 saturated heterocycles. The number of anilines is 1. The zero-order valence-electron chi connectivity index (χ0n) is 19.5. The van der Waals surface area contributed by atoms with Crippen molar-refractivity contribution in [2.24, 2.45) is 0 Å². The van der Waals surface area contributed by atoms with Crippen molar-refractivity contribution < 1.29 is 37.3 Å². The smallest absolute Gasteiger partial charge is 0.224 e. The lowest BCUT2D eigenvalue weighted by atomic mass is 10.0. The van der Waals surface area contributed by atoms with E-state index in [-0.39, 0.29) is 30.3 Å². The van der Waals surface area contributed by atoms with Gasteiger partial charge in [-0.2, -0.15) is 0 Å². The molecule has 10 heteroatoms. The van der Waals surface area contributed by atoms with Crippen LogP contribution in [0.5, 0.6) is 11.5 Å². The molecule has 0 aromatic heterocycles. The van der Waals surface area contributed by atoms with Crippen molar-refractivity contribution >= 4 is 40.5 Å². The number of aldehydes is 1. The molecule has 0 radical (unpaired) electrons. The lowest BCUT2D eigenvalue weighted by Crippen LogP contribution is -2.13. The molecule has 0 heterocycles. The summed E-state index contributed by atoms with van der Waals surface area (Å²) >= 11 is -2.43. The third-order valence-electron chi connectivity index (χ3n) is 4.91. The van der Waals surface area contributed by atoms with Crippen molar-refractivity contribution in [3.63, 3.8) is 0 Å². The lowest BCUT2D eigenvalue weighted by molar-refractivity contribution is -0.116. The van der Waals surface area contributed by atoms with E-state index in [1.165, 1.54) is 34.5 Å². The van der Waals surface area contributed by atoms with Gasteiger partial charge in [-0.1, -0.05) is 23.2 Å². The Bertz CT molecular complexity index is 1070. The van der Waals surface area contributed by atoms with Crippen LogP contribution in [0.15, 0.2) is 36.4 Å². The summed E-state index contributed by atoms with van der Waals surface area (Å²) in [6.45, 7) is 0. The third kappa shape index (κ3) is 6.82. The number of nitrogens with one attached hydrogen (secondary N) is 1. The van der Waals surface area contributed by atoms with E-state index in [1.54, 1.807) is 18.2 Å². The maximum absolute atomic E-state index is 12.3. The first-order valence-electron chi connectivity index (χ1n) is 10.4. The predicted molar refractivity (Wildman–Crippen MR) is 128 cm³/mol. The fourth-order valence-electron chi connectivity index (χ4n) is 3.39. The van der Waals surface area contributed by atoms with Gasteiger partial charge in [0.05, 0.1) is 39.7 Å². The number of unbranched alkanes of at least 4 members (excludes halogenated alkanes) is 1. The van der Waals surface area contributed by atoms with Crippen LogP contribution in [0.25, 0.3) is 11.5 Å². The zero-order valence-corrected chi connectivity index (χ0v) is 20.4. The Morgan fingerprint density at radius 2 is 1.65 bits per heavy atom. The zero-order chi connectivity index (χ0) is 25.1. The van der Waals surface area contributed by atoms with Gasteiger partial charge in [0.1, 0.15) is 17.8 Å². The van der Waals surface area contributed by atoms with Gasteiger partial charge in [0.25, 0.3) is 0 Å². The van der Waals surface area contributed by atoms with Crippen molar-refractivity contribution in [1.82, 2.24) is 0 Å². The van der Waals surface area contributed by atoms with Crippen LogP contribution in [0.2, 0.25) is 0 Å². The summed E-state index contributed by atoms with van der Waals surface area (Å²) in [6, 6.07) is 10.3. The number of hydrogen-bond acceptors (Lipinski definition) is 8. The minimum Gasteiger partial charge on any atom is -0.772 e. The molecule has 0 fully saturated rings. The molecule has 1 atom stereocenters. The molecule has 184 valence electrons. The van der Waals surface area contributed by atoms with Gasteiger partial charge in [0.2, 0.25) is 5.91 Å². The molecule has 2 aromatic rings. The Morgan fingerprint density at radius 3 is 2.24 bits per heavy atom. The summed E-state index contributed by atoms with van der Waals surface area (Å²) in [7, 11) is 5.87. The molecule has 0 bridgehead atoms. The lowest BCUT2D eigenvalue weighted by Gasteiger charge is -2.21. The number of para-hydroxylation sites is 1. The average molecular weight is 491 g/mol. The number of amides is 1. The molecule has 2 aromatic carbocycles. The van der Waals surface area contributed by atoms with Gasteiger partial charge in [0.15, 0.2) is 11.5 Å². The van der Waals surface area contributed by atoms with Crippen LogP contribution >= 0.6 is 0 Å². The van der Waals surface area contributed by atoms with Gasteiger partial charge >= 0.3 is 0 Å². The van der Waals surface area contributed by atoms with E-state index in [0.717, 1.165) is 6.29 Å². The maximum atomic E-state index is 12.3. The summed E-state index contributed by atoms with van der Waals surface area (Å²) in [5.41, 5.74) is 1.67. The van der Waals surface area contributed by atoms with E-state index in [4.69, 9.17) is 18.9 Å². The normalized spacial score (nSPS) is 12.3. The van der Waals surface area contributed by atoms with E-state index >= 15 is 0 Å². The largest absolute Gasteiger partial charge is 0.772 e. The number of methoxy groups -OCH3 is 4. The molecule has 0 spiro atoms. The molecule has 1 amide bonds. The van der Waals surface area contributed by atoms with Gasteiger partial charge in [-0.05, 0) is 36.2 Å². The maximum Gasteiger partial charge on any atom is 0.224 e. The summed E-state index contributed by atoms with van der Waals surface area (Å²) in [4.78, 5) is 22.8. The molecule has 0 aliphatic carbocycles. The van der Waals surface area contributed by atoms with Crippen LogP contribution in [-0.4, -0.2) is 49.4 Å². The van der Waals surface area contributed by atoms with Gasteiger partial charge in [-0.25, -0.2) is 0 Å². The van der Waals surface area contributed by atoms with E-state index in [2.05, 4.69) is 5.32 Å². The number of carbonyl (C=O) groups excluding carboxylic acids is 2. The van der Waals surface area contributed by atoms with Crippen molar-refractivity contribution in [1.29, 1.82) is 0 Å². The molecule has 0 aliphatic heterocycles. The molecular weight excluding hydrogens is 462 g/mol. The fourth-order valence-corrected chi connectivity index (χ4v) is 3.88. The summed E-state index contributed by atoms with van der Waals surface area (Å²) < 4.78 is 45.5. The molecule has 34 heavy (non-hydrogen) atoms. The first-order valence-corrected chi connectivity index (χ1v) is 11.6. The number of carbonyl (C=O) groups is 2. The first kappa shape index (κ1) is 26.9. The number of rotatable bonds is 13. The highest BCUT2D eigenvalue weighted by Gasteiger charge is 2.22. The molecule has 0 aliphatic rings. The van der Waals surface area contributed by atoms with Crippen molar-refractivity contribution in [2.45, 2.75) is 25.0 Å². The molecule has 1 N–H and O–H groups in total. The van der Waals surface area contributed by atoms with E-state index < -0.39 is 11.1 Å². The molecule has 0 saturated carbocycles. The number of hydrogen-bond donors (Lipinski definition) is 1. The van der Waals surface area contributed by atoms with Crippen LogP contribution < -0.4 is 14.8 Å². The van der Waals surface area contributed by atoms with Crippen molar-refractivity contribution in [3.05, 3.63) is 53.1 Å². The van der Waals surface area contributed by atoms with Crippen LogP contribution in [0, 0.1) is 0 Å². The Hall–Kier alpha value is -3.37. The van der Waals surface area contributed by atoms with Crippen molar-refractivity contribution in [3.8, 4) is 11.5 Å². The van der Waals surface area contributed by atoms with E-state index in [9.17, 15) is 18.4 Å². The predicted octanol–water partition coefficient (Wildman–Crippen LogP) is 3.51. The van der Waals surface area contributed by atoms with Gasteiger partial charge in [-0.15, -0.1) is 0 Å². The highest BCUT2D eigenvalue weighted by Crippen LogP contribution is 2.38. The minimum absolute atomic E-state index is 0.136. The van der Waals surface area contributed by atoms with Crippen LogP contribution in [0.1, 0.15) is 36.0 Å². The second kappa shape index (κ2) is 13.4. The van der Waals surface area contributed by atoms with Gasteiger partial charge in [-0.3, -0.25) is 9.00 Å². The molecule has 9 nitrogen and oxygen atoms in total. The summed E-state index contributed by atoms with van der Waals surface area (Å²) in [6.07, 6.45) is 1.56. The monoisotopic (exact) mass is 490 g/mol. The standard InChI is InChI=1S/C24H29NO8S/c1-30-20-10-6-5-9-17(20)23(32-3)24(33-4)18-14-21(31-2)19(13-16(18)15-34(28)29)25-22(27)11-7-8-12-26/h5-6,9-10,12-14H,7-8,11,15H2,1-4H3,(H,25,27)(H,28,29)/p-1. The topological polar surface area (TPSA) is 123 Å². The molecular formula is C24H28NO8S-. The third-order valence-corrected chi connectivity index (χ3v) is 5.46. The Labute approximate surface area is 201 Å². The van der Waals surface area contributed by atoms with E-state index in [0.29, 0.717) is 46.1 Å². The highest BCUT2D eigenvalue weighted by atomic mass is 32.2. The van der Waals surface area contributed by atoms with Crippen LogP contribution in [0.3, 0.4) is 0 Å². The Kier molecular flexibility index (Phi) is 10.6. The second-order valence-electron chi connectivity index (χ2n) is 7.03. The average Bonchev–Trinajstić information content (AvgIpc) is 2.83. The first-order chi connectivity index (χ1) is 16.4. The quantitative estimate of drug-likeness (QED) is 0.149. The minimum atomic E-state index is -2.43. The second-order valence-corrected chi connectivity index (χ2v) is 7.93. The van der Waals surface area contributed by atoms with Gasteiger partial charge < -0.3 is 33.6 Å². The van der Waals surface area contributed by atoms with E-state index in [1.807, 2.05) is 12.1 Å². The SMILES string of the molecule is COC(=C(OC)c1ccccc1OC)c1cc(OC)c(NC(=O)CCCC=O)cc1CS(=O)[O-]. The van der Waals surface area contributed by atoms with Crippen molar-refractivity contribution in [2.75, 3.05) is 33.8 Å². The van der Waals surface area contributed by atoms with Crippen LogP contribution in [-0.2, 0) is 35.9 Å². The molecule has 2 rings (SSSR count). The summed E-state index contributed by atoms with van der Waals surface area (Å²) in [5, 5.41) is 2.72. The Morgan fingerprint density at radius 1 is 1.00 bits per heavy atom. The fraction of sp³-hybridized carbons (Fsp3) is 0.333. The van der Waals surface area contributed by atoms with Crippen LogP contribution in [0.4, 0.5) is 5.69 Å². The summed E-state index contributed by atoms with van der Waals surface area (Å²) in [5.74, 6) is 0.748. The number of ether oxygens (including phenoxy) is 4. The van der Waals surface area contributed by atoms with Gasteiger partial charge in [0, 0.05) is 24.2 Å².